The molecule has 0 bridgehead atoms. The number of benzene rings is 2. The molecule has 2 N–H and O–H groups in total. The second-order valence-electron chi connectivity index (χ2n) is 5.11. The molecule has 0 spiro atoms. The van der Waals surface area contributed by atoms with E-state index in [-0.39, 0.29) is 0 Å². The molecule has 2 rings (SSSR count). The molecule has 2 aromatic rings. The van der Waals surface area contributed by atoms with E-state index in [1.54, 1.807) is 13.8 Å². The van der Waals surface area contributed by atoms with Crippen LogP contribution in [0.15, 0.2) is 60.7 Å². The van der Waals surface area contributed by atoms with Crippen molar-refractivity contribution in [3.63, 3.8) is 0 Å². The smallest absolute Gasteiger partial charge is 0.136 e. The summed E-state index contributed by atoms with van der Waals surface area (Å²) in [6.07, 6.45) is -1.09. The minimum absolute atomic E-state index is 0.513. The molecule has 4 nitrogen and oxygen atoms in total. The summed E-state index contributed by atoms with van der Waals surface area (Å²) >= 11 is 0. The van der Waals surface area contributed by atoms with Crippen molar-refractivity contribution >= 4 is 6.09 Å². The fraction of sp³-hybridized carbons (Fsp3) is 0.316. The van der Waals surface area contributed by atoms with Crippen molar-refractivity contribution in [1.29, 1.82) is 0 Å². The molecule has 2 aromatic carbocycles. The molecular weight excluding hydrogens is 288 g/mol. The van der Waals surface area contributed by atoms with E-state index in [4.69, 9.17) is 0 Å². The van der Waals surface area contributed by atoms with Crippen molar-refractivity contribution in [2.75, 3.05) is 13.1 Å². The molecule has 0 heterocycles. The highest BCUT2D eigenvalue weighted by Gasteiger charge is 1.95. The Hall–Kier alpha value is -2.33. The van der Waals surface area contributed by atoms with Gasteiger partial charge in [-0.25, -0.2) is 0 Å². The predicted molar refractivity (Wildman–Crippen MR) is 90.5 cm³/mol. The summed E-state index contributed by atoms with van der Waals surface area (Å²) in [6, 6.07) is 21.1. The minimum Gasteiger partial charge on any atom is -0.530 e. The van der Waals surface area contributed by atoms with Crippen molar-refractivity contribution in [2.24, 2.45) is 0 Å². The average Bonchev–Trinajstić information content (AvgIpc) is 2.58. The molecule has 124 valence electrons. The van der Waals surface area contributed by atoms with Crippen LogP contribution < -0.4 is 10.4 Å². The molecule has 0 aliphatic rings. The summed E-state index contributed by atoms with van der Waals surface area (Å²) in [6.45, 7) is 6.68. The van der Waals surface area contributed by atoms with Crippen molar-refractivity contribution in [3.05, 3.63) is 71.8 Å². The number of carboxylic acid groups (broad SMARTS) is 1. The molecule has 1 amide bonds. The Morgan fingerprint density at radius 2 is 1.26 bits per heavy atom. The third-order valence-corrected chi connectivity index (χ3v) is 3.47. The van der Waals surface area contributed by atoms with Gasteiger partial charge in [0.25, 0.3) is 0 Å². The summed E-state index contributed by atoms with van der Waals surface area (Å²) in [5.41, 5.74) is 2.77. The maximum absolute atomic E-state index is 9.98. The lowest BCUT2D eigenvalue weighted by atomic mass is 10.2. The molecule has 0 atom stereocenters. The van der Waals surface area contributed by atoms with Gasteiger partial charge in [0.1, 0.15) is 19.2 Å². The van der Waals surface area contributed by atoms with Gasteiger partial charge in [0, 0.05) is 24.2 Å². The highest BCUT2D eigenvalue weighted by atomic mass is 16.4. The van der Waals surface area contributed by atoms with Crippen LogP contribution in [0.4, 0.5) is 4.79 Å². The van der Waals surface area contributed by atoms with Gasteiger partial charge < -0.3 is 20.1 Å². The van der Waals surface area contributed by atoms with E-state index in [0.717, 1.165) is 13.1 Å². The Morgan fingerprint density at radius 3 is 1.52 bits per heavy atom. The number of amides is 1. The lowest BCUT2D eigenvalue weighted by molar-refractivity contribution is -0.686. The van der Waals surface area contributed by atoms with E-state index in [1.165, 1.54) is 16.0 Å². The molecule has 4 heteroatoms. The lowest BCUT2D eigenvalue weighted by Crippen LogP contribution is -2.80. The van der Waals surface area contributed by atoms with E-state index >= 15 is 0 Å². The van der Waals surface area contributed by atoms with E-state index in [0.29, 0.717) is 13.1 Å². The van der Waals surface area contributed by atoms with Gasteiger partial charge in [-0.15, -0.1) is 0 Å². The van der Waals surface area contributed by atoms with Crippen LogP contribution in [0, 0.1) is 0 Å². The second kappa shape index (κ2) is 11.3. The fourth-order valence-corrected chi connectivity index (χ4v) is 2.12. The number of carbonyl (C=O) groups excluding carboxylic acids is 1. The molecule has 0 radical (unpaired) electrons. The SMILES string of the molecule is CCN(CC)C(=O)[O-].c1ccc(C[NH2+]Cc2ccccc2)cc1. The van der Waals surface area contributed by atoms with Crippen LogP contribution in [0.3, 0.4) is 0 Å². The van der Waals surface area contributed by atoms with Crippen molar-refractivity contribution in [2.45, 2.75) is 26.9 Å². The largest absolute Gasteiger partial charge is 0.530 e. The zero-order chi connectivity index (χ0) is 16.9. The Morgan fingerprint density at radius 1 is 0.870 bits per heavy atom. The summed E-state index contributed by atoms with van der Waals surface area (Å²) in [4.78, 5) is 11.2. The summed E-state index contributed by atoms with van der Waals surface area (Å²) in [7, 11) is 0. The molecule has 0 aliphatic carbocycles. The first-order valence-corrected chi connectivity index (χ1v) is 8.02. The summed E-state index contributed by atoms with van der Waals surface area (Å²) in [5, 5.41) is 12.3. The zero-order valence-electron chi connectivity index (χ0n) is 13.9. The van der Waals surface area contributed by atoms with Gasteiger partial charge in [0.05, 0.1) is 0 Å². The normalized spacial score (nSPS) is 9.65. The van der Waals surface area contributed by atoms with E-state index in [1.807, 2.05) is 0 Å². The number of nitrogens with two attached hydrogens (primary N) is 1. The van der Waals surface area contributed by atoms with Crippen LogP contribution in [0.2, 0.25) is 0 Å². The van der Waals surface area contributed by atoms with Gasteiger partial charge >= 0.3 is 0 Å². The second-order valence-corrected chi connectivity index (χ2v) is 5.11. The number of hydrogen-bond acceptors (Lipinski definition) is 2. The number of carbonyl (C=O) groups is 1. The number of hydrogen-bond donors (Lipinski definition) is 1. The maximum atomic E-state index is 9.98. The molecule has 0 unspecified atom stereocenters. The monoisotopic (exact) mass is 314 g/mol. The summed E-state index contributed by atoms with van der Waals surface area (Å²) in [5.74, 6) is 0. The molecule has 0 saturated heterocycles. The Kier molecular flexibility index (Phi) is 9.17. The summed E-state index contributed by atoms with van der Waals surface area (Å²) < 4.78 is 0. The van der Waals surface area contributed by atoms with Gasteiger partial charge in [-0.3, -0.25) is 0 Å². The number of rotatable bonds is 6. The Labute approximate surface area is 138 Å². The minimum atomic E-state index is -1.09. The quantitative estimate of drug-likeness (QED) is 0.881. The first-order chi connectivity index (χ1) is 11.2. The van der Waals surface area contributed by atoms with Crippen LogP contribution in [-0.4, -0.2) is 24.1 Å². The molecule has 23 heavy (non-hydrogen) atoms. The zero-order valence-corrected chi connectivity index (χ0v) is 13.9. The number of nitrogens with zero attached hydrogens (tertiary/aromatic N) is 1. The van der Waals surface area contributed by atoms with Crippen LogP contribution in [0.5, 0.6) is 0 Å². The van der Waals surface area contributed by atoms with Crippen molar-refractivity contribution in [3.8, 4) is 0 Å². The third-order valence-electron chi connectivity index (χ3n) is 3.47. The number of quaternary nitrogens is 1. The van der Waals surface area contributed by atoms with Crippen LogP contribution in [0.1, 0.15) is 25.0 Å². The third kappa shape index (κ3) is 8.02. The Bertz CT molecular complexity index is 500. The lowest BCUT2D eigenvalue weighted by Gasteiger charge is -2.20. The molecular formula is C19H26N2O2. The predicted octanol–water partition coefficient (Wildman–Crippen LogP) is 1.62. The van der Waals surface area contributed by atoms with Crippen LogP contribution in [-0.2, 0) is 13.1 Å². The van der Waals surface area contributed by atoms with E-state index in [2.05, 4.69) is 66.0 Å². The highest BCUT2D eigenvalue weighted by Crippen LogP contribution is 1.96. The standard InChI is InChI=1S/C14H15N.C5H11NO2/c1-3-7-13(8-4-1)11-15-12-14-9-5-2-6-10-14;1-3-6(4-2)5(7)8/h1-10,15H,11-12H2;3-4H2,1-2H3,(H,7,8). The van der Waals surface area contributed by atoms with Crippen molar-refractivity contribution < 1.29 is 15.2 Å². The topological polar surface area (TPSA) is 60.0 Å². The highest BCUT2D eigenvalue weighted by molar-refractivity contribution is 5.62. The maximum Gasteiger partial charge on any atom is 0.136 e. The van der Waals surface area contributed by atoms with Gasteiger partial charge in [-0.05, 0) is 13.8 Å². The Balaban J connectivity index is 0.000000284. The molecule has 0 aromatic heterocycles. The fourth-order valence-electron chi connectivity index (χ4n) is 2.12. The van der Waals surface area contributed by atoms with Gasteiger partial charge in [0.15, 0.2) is 0 Å². The van der Waals surface area contributed by atoms with Gasteiger partial charge in [0.2, 0.25) is 0 Å². The van der Waals surface area contributed by atoms with Crippen LogP contribution in [0.25, 0.3) is 0 Å². The first-order valence-electron chi connectivity index (χ1n) is 8.02. The van der Waals surface area contributed by atoms with Gasteiger partial charge in [-0.1, -0.05) is 60.7 Å². The molecule has 0 saturated carbocycles. The van der Waals surface area contributed by atoms with Crippen molar-refractivity contribution in [1.82, 2.24) is 4.90 Å². The molecule has 0 aliphatic heterocycles. The molecule has 0 fully saturated rings. The van der Waals surface area contributed by atoms with E-state index in [9.17, 15) is 9.90 Å². The van der Waals surface area contributed by atoms with Gasteiger partial charge in [-0.2, -0.15) is 0 Å². The van der Waals surface area contributed by atoms with E-state index < -0.39 is 6.09 Å². The average molecular weight is 314 g/mol. The first kappa shape index (κ1) is 18.7. The van der Waals surface area contributed by atoms with Crippen LogP contribution >= 0.6 is 0 Å².